The van der Waals surface area contributed by atoms with Gasteiger partial charge < -0.3 is 4.13 Å². The Kier molecular flexibility index (Phi) is 6.07. The van der Waals surface area contributed by atoms with Crippen LogP contribution in [0.5, 0.6) is 0 Å². The van der Waals surface area contributed by atoms with Crippen molar-refractivity contribution in [2.75, 3.05) is 19.3 Å². The van der Waals surface area contributed by atoms with Gasteiger partial charge in [-0.1, -0.05) is 6.42 Å². The van der Waals surface area contributed by atoms with Crippen LogP contribution in [0.3, 0.4) is 0 Å². The van der Waals surface area contributed by atoms with Gasteiger partial charge in [0.1, 0.15) is 0 Å². The molecule has 0 saturated carbocycles. The summed E-state index contributed by atoms with van der Waals surface area (Å²) in [6.07, 6.45) is 0.311. The number of nitrogens with zero attached hydrogens (tertiary/aromatic N) is 2. The molecule has 0 radical (unpaired) electrons. The van der Waals surface area contributed by atoms with Gasteiger partial charge in [-0.2, -0.15) is 30.6 Å². The molecule has 0 aromatic rings. The van der Waals surface area contributed by atoms with Crippen molar-refractivity contribution in [3.63, 3.8) is 0 Å². The molecule has 1 fully saturated rings. The zero-order chi connectivity index (χ0) is 20.8. The second kappa shape index (κ2) is 6.75. The van der Waals surface area contributed by atoms with E-state index in [0.717, 1.165) is 0 Å². The van der Waals surface area contributed by atoms with Crippen LogP contribution in [0, 0.1) is 0 Å². The summed E-state index contributed by atoms with van der Waals surface area (Å²) >= 11 is 0. The highest BCUT2D eigenvalue weighted by Crippen LogP contribution is 2.53. The average Bonchev–Trinajstić information content (AvgIpc) is 2.44. The first-order chi connectivity index (χ1) is 11.3. The van der Waals surface area contributed by atoms with Gasteiger partial charge in [0.25, 0.3) is 10.0 Å². The highest BCUT2D eigenvalue weighted by atomic mass is 32.3. The molecule has 0 spiro atoms. The zero-order valence-corrected chi connectivity index (χ0v) is 15.3. The molecule has 1 aliphatic rings. The second-order valence-corrected chi connectivity index (χ2v) is 10.9. The minimum absolute atomic E-state index is 0.00101. The molecule has 0 aromatic carbocycles. The van der Waals surface area contributed by atoms with Gasteiger partial charge in [0.2, 0.25) is 0 Å². The Balaban J connectivity index is 3.44. The molecular formula is C9H13F6N2O6S3-. The number of hydrogen-bond donors (Lipinski definition) is 0. The van der Waals surface area contributed by atoms with Gasteiger partial charge in [0.15, 0.2) is 10.0 Å². The van der Waals surface area contributed by atoms with E-state index in [-0.39, 0.29) is 23.4 Å². The molecule has 0 bridgehead atoms. The number of alkyl halides is 6. The Hall–Kier alpha value is -0.650. The van der Waals surface area contributed by atoms with Crippen molar-refractivity contribution >= 4 is 30.1 Å². The van der Waals surface area contributed by atoms with Crippen LogP contribution in [0.1, 0.15) is 19.3 Å². The van der Waals surface area contributed by atoms with Crippen molar-refractivity contribution in [3.05, 3.63) is 4.13 Å². The van der Waals surface area contributed by atoms with E-state index < -0.39 is 59.6 Å². The lowest BCUT2D eigenvalue weighted by Crippen LogP contribution is -2.63. The quantitative estimate of drug-likeness (QED) is 0.534. The van der Waals surface area contributed by atoms with Gasteiger partial charge in [-0.15, -0.1) is 0 Å². The highest BCUT2D eigenvalue weighted by molar-refractivity contribution is 8.12. The van der Waals surface area contributed by atoms with E-state index in [4.69, 9.17) is 0 Å². The van der Waals surface area contributed by atoms with Gasteiger partial charge in [0.05, 0.1) is 10.0 Å². The number of hydrogen-bond acceptors (Lipinski definition) is 6. The highest BCUT2D eigenvalue weighted by Gasteiger charge is 2.81. The molecule has 0 amide bonds. The van der Waals surface area contributed by atoms with Crippen LogP contribution in [0.4, 0.5) is 26.3 Å². The van der Waals surface area contributed by atoms with Gasteiger partial charge in [-0.05, 0) is 12.8 Å². The van der Waals surface area contributed by atoms with Gasteiger partial charge >= 0.3 is 16.4 Å². The standard InChI is InChI=1S/C9H13F6N2O6S3/c1-24(18,19)16-25(20,21)8(12,13)7(10,11)9(14,15)26(22,23)17-5-3-2-4-6-17/h2-6H2,1H3/q-1. The number of halogens is 6. The van der Waals surface area contributed by atoms with E-state index in [2.05, 4.69) is 0 Å². The topological polar surface area (TPSA) is 120 Å². The van der Waals surface area contributed by atoms with Crippen LogP contribution in [-0.2, 0) is 30.1 Å². The third-order valence-corrected chi connectivity index (χ3v) is 7.99. The Labute approximate surface area is 145 Å². The summed E-state index contributed by atoms with van der Waals surface area (Å²) in [5.74, 6) is -7.01. The van der Waals surface area contributed by atoms with E-state index in [1.807, 2.05) is 0 Å². The minimum Gasteiger partial charge on any atom is -0.431 e. The molecule has 1 heterocycles. The first kappa shape index (κ1) is 23.4. The van der Waals surface area contributed by atoms with Crippen LogP contribution < -0.4 is 0 Å². The van der Waals surface area contributed by atoms with E-state index >= 15 is 0 Å². The van der Waals surface area contributed by atoms with Crippen LogP contribution >= 0.6 is 0 Å². The van der Waals surface area contributed by atoms with E-state index in [0.29, 0.717) is 6.42 Å². The first-order valence-corrected chi connectivity index (χ1v) is 11.4. The van der Waals surface area contributed by atoms with E-state index in [1.165, 1.54) is 4.13 Å². The van der Waals surface area contributed by atoms with Gasteiger partial charge in [-0.25, -0.2) is 25.3 Å². The maximum atomic E-state index is 13.9. The predicted octanol–water partition coefficient (Wildman–Crippen LogP) is 1.29. The molecule has 0 unspecified atom stereocenters. The van der Waals surface area contributed by atoms with Gasteiger partial charge in [-0.3, -0.25) is 0 Å². The second-order valence-electron chi connectivity index (χ2n) is 5.36. The van der Waals surface area contributed by atoms with Crippen molar-refractivity contribution < 1.29 is 51.6 Å². The maximum Gasteiger partial charge on any atom is 0.428 e. The summed E-state index contributed by atoms with van der Waals surface area (Å²) in [5, 5.41) is -13.4. The first-order valence-electron chi connectivity index (χ1n) is 6.63. The number of rotatable bonds is 7. The lowest BCUT2D eigenvalue weighted by atomic mass is 10.2. The summed E-state index contributed by atoms with van der Waals surface area (Å²) in [6.45, 7) is -1.31. The van der Waals surface area contributed by atoms with Crippen molar-refractivity contribution in [1.29, 1.82) is 0 Å². The molecule has 0 N–H and O–H groups in total. The van der Waals surface area contributed by atoms with Crippen LogP contribution in [-0.4, -0.2) is 65.3 Å². The summed E-state index contributed by atoms with van der Waals surface area (Å²) in [4.78, 5) is 0. The van der Waals surface area contributed by atoms with Crippen LogP contribution in [0.2, 0.25) is 0 Å². The van der Waals surface area contributed by atoms with Crippen molar-refractivity contribution in [2.24, 2.45) is 0 Å². The van der Waals surface area contributed by atoms with Crippen molar-refractivity contribution in [2.45, 2.75) is 35.7 Å². The third-order valence-electron chi connectivity index (χ3n) is 3.27. The van der Waals surface area contributed by atoms with Crippen LogP contribution in [0.15, 0.2) is 0 Å². The molecule has 156 valence electrons. The normalized spacial score (nSPS) is 19.5. The molecule has 1 saturated heterocycles. The van der Waals surface area contributed by atoms with E-state index in [9.17, 15) is 51.6 Å². The summed E-state index contributed by atoms with van der Waals surface area (Å²) in [5.41, 5.74) is 0. The van der Waals surface area contributed by atoms with Crippen LogP contribution in [0.25, 0.3) is 4.13 Å². The predicted molar refractivity (Wildman–Crippen MR) is 76.3 cm³/mol. The Morgan fingerprint density at radius 2 is 1.19 bits per heavy atom. The monoisotopic (exact) mass is 455 g/mol. The fourth-order valence-corrected chi connectivity index (χ4v) is 5.82. The molecule has 1 rings (SSSR count). The zero-order valence-electron chi connectivity index (χ0n) is 12.9. The summed E-state index contributed by atoms with van der Waals surface area (Å²) in [6, 6.07) is 0. The molecule has 17 heteroatoms. The van der Waals surface area contributed by atoms with Gasteiger partial charge in [0, 0.05) is 19.3 Å². The number of sulfonamides is 3. The van der Waals surface area contributed by atoms with Crippen molar-refractivity contribution in [1.82, 2.24) is 4.31 Å². The Morgan fingerprint density at radius 1 is 0.769 bits per heavy atom. The fraction of sp³-hybridized carbons (Fsp3) is 1.00. The smallest absolute Gasteiger partial charge is 0.428 e. The lowest BCUT2D eigenvalue weighted by molar-refractivity contribution is -0.244. The largest absolute Gasteiger partial charge is 0.431 e. The molecule has 0 aromatic heterocycles. The van der Waals surface area contributed by atoms with Crippen molar-refractivity contribution in [3.8, 4) is 0 Å². The molecule has 0 atom stereocenters. The molecule has 1 aliphatic heterocycles. The molecule has 8 nitrogen and oxygen atoms in total. The summed E-state index contributed by atoms with van der Waals surface area (Å²) in [7, 11) is -18.7. The molecule has 26 heavy (non-hydrogen) atoms. The summed E-state index contributed by atoms with van der Waals surface area (Å²) < 4.78 is 151. The SMILES string of the molecule is CS(=O)(=O)[N-]S(=O)(=O)C(F)(F)C(F)(F)C(F)(F)S(=O)(=O)N1CCCCC1. The molecular weight excluding hydrogens is 442 g/mol. The Bertz CT molecular complexity index is 848. The number of piperidine rings is 1. The molecule has 0 aliphatic carbocycles. The minimum atomic E-state index is -7.06. The Morgan fingerprint density at radius 3 is 1.58 bits per heavy atom. The van der Waals surface area contributed by atoms with E-state index in [1.54, 1.807) is 0 Å². The third kappa shape index (κ3) is 3.81. The maximum absolute atomic E-state index is 13.9. The average molecular weight is 455 g/mol. The fourth-order valence-electron chi connectivity index (χ4n) is 1.99. The lowest BCUT2D eigenvalue weighted by Gasteiger charge is -2.37.